The van der Waals surface area contributed by atoms with Crippen LogP contribution in [0.5, 0.6) is 0 Å². The smallest absolute Gasteiger partial charge is 0.197 e. The molecule has 0 saturated heterocycles. The van der Waals surface area contributed by atoms with E-state index in [0.29, 0.717) is 0 Å². The average molecular weight is 180 g/mol. The first-order valence-corrected chi connectivity index (χ1v) is 3.59. The molecule has 1 fully saturated rings. The van der Waals surface area contributed by atoms with Crippen LogP contribution in [0.2, 0.25) is 0 Å². The molecule has 66 valence electrons. The summed E-state index contributed by atoms with van der Waals surface area (Å²) in [6.07, 6.45) is -1.85. The highest BCUT2D eigenvalue weighted by Gasteiger charge is 2.45. The summed E-state index contributed by atoms with van der Waals surface area (Å²) in [5.74, 6) is 0. The van der Waals surface area contributed by atoms with Gasteiger partial charge in [-0.2, -0.15) is 19.3 Å². The number of nitriles is 2. The van der Waals surface area contributed by atoms with E-state index >= 15 is 0 Å². The fourth-order valence-corrected chi connectivity index (χ4v) is 1.28. The Hall–Kier alpha value is -1.68. The van der Waals surface area contributed by atoms with Gasteiger partial charge >= 0.3 is 0 Å². The molecule has 4 heteroatoms. The lowest BCUT2D eigenvalue weighted by molar-refractivity contribution is 0.316. The minimum Gasteiger partial charge on any atom is -0.197 e. The van der Waals surface area contributed by atoms with Crippen LogP contribution in [-0.4, -0.2) is 0 Å². The van der Waals surface area contributed by atoms with Crippen LogP contribution < -0.4 is 0 Å². The second-order valence-corrected chi connectivity index (χ2v) is 3.00. The molecule has 0 aromatic rings. The molecule has 1 saturated carbocycles. The third-order valence-electron chi connectivity index (χ3n) is 2.22. The molecular weight excluding hydrogens is 174 g/mol. The van der Waals surface area contributed by atoms with Crippen molar-refractivity contribution in [2.75, 3.05) is 0 Å². The van der Waals surface area contributed by atoms with Crippen LogP contribution in [-0.2, 0) is 0 Å². The van der Waals surface area contributed by atoms with E-state index in [9.17, 15) is 8.78 Å². The van der Waals surface area contributed by atoms with Crippen LogP contribution in [0.3, 0.4) is 0 Å². The first-order chi connectivity index (χ1) is 6.05. The van der Waals surface area contributed by atoms with Gasteiger partial charge < -0.3 is 0 Å². The van der Waals surface area contributed by atoms with Gasteiger partial charge in [-0.15, -0.1) is 0 Å². The van der Waals surface area contributed by atoms with Crippen LogP contribution >= 0.6 is 0 Å². The molecule has 13 heavy (non-hydrogen) atoms. The van der Waals surface area contributed by atoms with Gasteiger partial charge in [0.25, 0.3) is 6.08 Å². The predicted molar refractivity (Wildman–Crippen MR) is 41.3 cm³/mol. The molecule has 2 nitrogen and oxygen atoms in total. The number of hydrogen-bond donors (Lipinski definition) is 0. The van der Waals surface area contributed by atoms with Gasteiger partial charge in [-0.3, -0.25) is 0 Å². The molecule has 0 unspecified atom stereocenters. The number of rotatable bonds is 1. The third-order valence-corrected chi connectivity index (χ3v) is 2.22. The summed E-state index contributed by atoms with van der Waals surface area (Å²) in [5, 5.41) is 17.2. The monoisotopic (exact) mass is 180 g/mol. The number of nitrogens with zero attached hydrogens (tertiary/aromatic N) is 2. The second-order valence-electron chi connectivity index (χ2n) is 3.00. The Balaban J connectivity index is 2.87. The van der Waals surface area contributed by atoms with Gasteiger partial charge in [0.2, 0.25) is 0 Å². The molecule has 0 heterocycles. The van der Waals surface area contributed by atoms with E-state index in [1.807, 2.05) is 6.07 Å². The Morgan fingerprint density at radius 3 is 2.23 bits per heavy atom. The number of hydrogen-bond acceptors (Lipinski definition) is 2. The highest BCUT2D eigenvalue weighted by molar-refractivity contribution is 5.42. The highest BCUT2D eigenvalue weighted by Crippen LogP contribution is 2.50. The van der Waals surface area contributed by atoms with Gasteiger partial charge in [0.1, 0.15) is 0 Å². The van der Waals surface area contributed by atoms with Gasteiger partial charge in [0, 0.05) is 5.57 Å². The van der Waals surface area contributed by atoms with Crippen LogP contribution in [0, 0.1) is 28.1 Å². The zero-order valence-corrected chi connectivity index (χ0v) is 6.77. The molecule has 1 aliphatic carbocycles. The summed E-state index contributed by atoms with van der Waals surface area (Å²) in [6, 6.07) is 3.59. The van der Waals surface area contributed by atoms with Gasteiger partial charge in [0.05, 0.1) is 17.6 Å². The van der Waals surface area contributed by atoms with Gasteiger partial charge in [0.15, 0.2) is 0 Å². The molecule has 0 aromatic carbocycles. The molecule has 0 amide bonds. The molecule has 0 atom stereocenters. The molecule has 1 rings (SSSR count). The quantitative estimate of drug-likeness (QED) is 0.582. The van der Waals surface area contributed by atoms with Crippen molar-refractivity contribution in [1.29, 1.82) is 10.5 Å². The zero-order valence-electron chi connectivity index (χ0n) is 6.77. The standard InChI is InChI=1S/C9H6F2N2/c1-6(4-12)9(5-13)2-7(3-9)8(10)11/h1-3H2. The number of allylic oxidation sites excluding steroid dienone is 2. The molecule has 0 spiro atoms. The van der Waals surface area contributed by atoms with E-state index in [0.717, 1.165) is 0 Å². The zero-order chi connectivity index (χ0) is 10.1. The van der Waals surface area contributed by atoms with Crippen molar-refractivity contribution in [1.82, 2.24) is 0 Å². The molecule has 0 radical (unpaired) electrons. The van der Waals surface area contributed by atoms with E-state index in [1.54, 1.807) is 6.07 Å². The molecule has 0 N–H and O–H groups in total. The van der Waals surface area contributed by atoms with Crippen LogP contribution in [0.15, 0.2) is 23.8 Å². The Labute approximate surface area is 74.4 Å². The summed E-state index contributed by atoms with van der Waals surface area (Å²) < 4.78 is 24.0. The van der Waals surface area contributed by atoms with Gasteiger partial charge in [-0.05, 0) is 18.4 Å². The van der Waals surface area contributed by atoms with E-state index in [2.05, 4.69) is 6.58 Å². The van der Waals surface area contributed by atoms with E-state index in [4.69, 9.17) is 10.5 Å². The van der Waals surface area contributed by atoms with Gasteiger partial charge in [-0.1, -0.05) is 6.58 Å². The van der Waals surface area contributed by atoms with Crippen LogP contribution in [0.4, 0.5) is 8.78 Å². The average Bonchev–Trinajstić information content (AvgIpc) is 2.02. The van der Waals surface area contributed by atoms with Gasteiger partial charge in [-0.25, -0.2) is 0 Å². The minimum absolute atomic E-state index is 0.0436. The first kappa shape index (κ1) is 9.41. The first-order valence-electron chi connectivity index (χ1n) is 3.59. The largest absolute Gasteiger partial charge is 0.269 e. The lowest BCUT2D eigenvalue weighted by atomic mass is 9.63. The van der Waals surface area contributed by atoms with E-state index in [-0.39, 0.29) is 24.0 Å². The van der Waals surface area contributed by atoms with Crippen molar-refractivity contribution in [2.45, 2.75) is 12.8 Å². The van der Waals surface area contributed by atoms with Crippen molar-refractivity contribution in [3.8, 4) is 12.1 Å². The Morgan fingerprint density at radius 2 is 1.92 bits per heavy atom. The van der Waals surface area contributed by atoms with Crippen LogP contribution in [0.1, 0.15) is 12.8 Å². The lowest BCUT2D eigenvalue weighted by Gasteiger charge is -2.36. The Bertz CT molecular complexity index is 356. The fraction of sp³-hybridized carbons (Fsp3) is 0.333. The van der Waals surface area contributed by atoms with Crippen molar-refractivity contribution in [2.24, 2.45) is 5.41 Å². The normalized spacial score (nSPS) is 25.4. The third kappa shape index (κ3) is 1.31. The summed E-state index contributed by atoms with van der Waals surface area (Å²) in [4.78, 5) is 0. The maximum atomic E-state index is 12.0. The maximum absolute atomic E-state index is 12.0. The topological polar surface area (TPSA) is 47.6 Å². The van der Waals surface area contributed by atoms with E-state index in [1.165, 1.54) is 0 Å². The lowest BCUT2D eigenvalue weighted by Crippen LogP contribution is -2.31. The summed E-state index contributed by atoms with van der Waals surface area (Å²) in [7, 11) is 0. The molecule has 0 aliphatic heterocycles. The Kier molecular flexibility index (Phi) is 2.16. The SMILES string of the molecule is C=C(C#N)C1(C#N)CC(=C(F)F)C1. The molecule has 0 bridgehead atoms. The van der Waals surface area contributed by atoms with Crippen molar-refractivity contribution in [3.05, 3.63) is 23.8 Å². The second kappa shape index (κ2) is 2.99. The summed E-state index contributed by atoms with van der Waals surface area (Å²) in [6.45, 7) is 3.38. The summed E-state index contributed by atoms with van der Waals surface area (Å²) in [5.41, 5.74) is -1.04. The Morgan fingerprint density at radius 1 is 1.38 bits per heavy atom. The predicted octanol–water partition coefficient (Wildman–Crippen LogP) is 2.52. The van der Waals surface area contributed by atoms with E-state index < -0.39 is 11.5 Å². The highest BCUT2D eigenvalue weighted by atomic mass is 19.3. The fourth-order valence-electron chi connectivity index (χ4n) is 1.28. The molecule has 0 aromatic heterocycles. The minimum atomic E-state index is -1.74. The molecular formula is C9H6F2N2. The molecule has 1 aliphatic rings. The van der Waals surface area contributed by atoms with Crippen molar-refractivity contribution < 1.29 is 8.78 Å². The van der Waals surface area contributed by atoms with Crippen molar-refractivity contribution >= 4 is 0 Å². The van der Waals surface area contributed by atoms with Crippen molar-refractivity contribution in [3.63, 3.8) is 0 Å². The summed E-state index contributed by atoms with van der Waals surface area (Å²) >= 11 is 0. The maximum Gasteiger partial charge on any atom is 0.269 e. The number of halogens is 2. The van der Waals surface area contributed by atoms with Crippen LogP contribution in [0.25, 0.3) is 0 Å².